The molecule has 2 heterocycles. The quantitative estimate of drug-likeness (QED) is 0.172. The molecular formula is C29H39Cl2N5O6S. The number of carboxylic acids is 1. The molecule has 5 N–H and O–H groups in total. The highest BCUT2D eigenvalue weighted by Gasteiger charge is 2.37. The lowest BCUT2D eigenvalue weighted by molar-refractivity contribution is -0.150. The largest absolute Gasteiger partial charge is 0.480 e. The zero-order chi connectivity index (χ0) is 29.9. The van der Waals surface area contributed by atoms with Crippen LogP contribution in [0.25, 0.3) is 0 Å². The lowest BCUT2D eigenvalue weighted by Crippen LogP contribution is -2.55. The number of aliphatic carboxylic acids is 1. The van der Waals surface area contributed by atoms with Crippen molar-refractivity contribution in [2.45, 2.75) is 49.2 Å². The van der Waals surface area contributed by atoms with Gasteiger partial charge < -0.3 is 20.5 Å². The van der Waals surface area contributed by atoms with Crippen LogP contribution in [0.5, 0.6) is 0 Å². The number of sulfonamides is 1. The van der Waals surface area contributed by atoms with Crippen molar-refractivity contribution in [2.24, 2.45) is 5.73 Å². The number of amidine groups is 1. The molecule has 0 radical (unpaired) electrons. The Hall–Kier alpha value is -3.00. The maximum Gasteiger partial charge on any atom is 0.326 e. The van der Waals surface area contributed by atoms with Gasteiger partial charge in [0.05, 0.1) is 17.5 Å². The molecule has 2 aromatic carbocycles. The van der Waals surface area contributed by atoms with Gasteiger partial charge in [-0.05, 0) is 68.1 Å². The van der Waals surface area contributed by atoms with E-state index in [0.717, 1.165) is 29.7 Å². The number of amides is 1. The first-order chi connectivity index (χ1) is 19.4. The summed E-state index contributed by atoms with van der Waals surface area (Å²) in [7, 11) is -0.652. The summed E-state index contributed by atoms with van der Waals surface area (Å²) in [5.41, 5.74) is 9.38. The van der Waals surface area contributed by atoms with E-state index in [0.29, 0.717) is 17.7 Å². The summed E-state index contributed by atoms with van der Waals surface area (Å²) in [6, 6.07) is 9.06. The van der Waals surface area contributed by atoms with E-state index < -0.39 is 34.0 Å². The number of ether oxygens (including phenoxy) is 1. The van der Waals surface area contributed by atoms with Crippen molar-refractivity contribution in [1.82, 2.24) is 14.5 Å². The predicted molar refractivity (Wildman–Crippen MR) is 169 cm³/mol. The minimum atomic E-state index is -4.21. The van der Waals surface area contributed by atoms with Crippen LogP contribution in [0.4, 0.5) is 0 Å². The van der Waals surface area contributed by atoms with Gasteiger partial charge in [-0.15, -0.1) is 24.8 Å². The fourth-order valence-electron chi connectivity index (χ4n) is 5.42. The van der Waals surface area contributed by atoms with Crippen LogP contribution >= 0.6 is 24.8 Å². The number of likely N-dealkylation sites (N-methyl/N-ethyl adjacent to an activating group) is 1. The molecule has 2 aliphatic heterocycles. The first-order valence-corrected chi connectivity index (χ1v) is 14.9. The first-order valence-electron chi connectivity index (χ1n) is 13.4. The molecule has 3 atom stereocenters. The Morgan fingerprint density at radius 3 is 2.58 bits per heavy atom. The third-order valence-corrected chi connectivity index (χ3v) is 9.22. The molecule has 236 valence electrons. The van der Waals surface area contributed by atoms with E-state index in [1.54, 1.807) is 56.5 Å². The van der Waals surface area contributed by atoms with Crippen molar-refractivity contribution in [1.29, 1.82) is 5.41 Å². The second kappa shape index (κ2) is 15.1. The van der Waals surface area contributed by atoms with Crippen LogP contribution in [-0.2, 0) is 37.2 Å². The standard InChI is InChI=1S/C29H37N5O6S.2ClH/c1-18-9-12-34(25(13-18)29(36)37)28(35)24(15-19-5-4-6-21(14-19)27(30)31)32-41(38,39)22-8-7-20-10-11-33(2)26(17-40-3)23(20)16-22;;/h4-9,14,16,24-26,32H,10-13,15,17H2,1-3H3,(H3,30,31)(H,36,37);2*1H/t24-,25+,26?;;/m0../s1. The number of carboxylic acid groups (broad SMARTS) is 1. The second-order valence-corrected chi connectivity index (χ2v) is 12.4. The monoisotopic (exact) mass is 655 g/mol. The fraction of sp³-hybridized carbons (Fsp3) is 0.414. The van der Waals surface area contributed by atoms with Crippen molar-refractivity contribution in [3.8, 4) is 0 Å². The minimum Gasteiger partial charge on any atom is -0.480 e. The number of halogens is 2. The third-order valence-electron chi connectivity index (χ3n) is 7.75. The van der Waals surface area contributed by atoms with Gasteiger partial charge in [0.1, 0.15) is 17.9 Å². The second-order valence-electron chi connectivity index (χ2n) is 10.7. The molecule has 0 spiro atoms. The molecule has 1 amide bonds. The van der Waals surface area contributed by atoms with Crippen LogP contribution < -0.4 is 10.5 Å². The van der Waals surface area contributed by atoms with Gasteiger partial charge in [-0.25, -0.2) is 13.2 Å². The number of rotatable bonds is 10. The number of nitrogens with one attached hydrogen (secondary N) is 2. The number of methoxy groups -OCH3 is 1. The molecule has 2 aliphatic rings. The van der Waals surface area contributed by atoms with Gasteiger partial charge in [0.2, 0.25) is 15.9 Å². The maximum absolute atomic E-state index is 13.9. The van der Waals surface area contributed by atoms with Crippen LogP contribution in [0.1, 0.15) is 41.6 Å². The summed E-state index contributed by atoms with van der Waals surface area (Å²) in [6.07, 6.45) is 2.63. The summed E-state index contributed by atoms with van der Waals surface area (Å²) < 4.78 is 35.5. The predicted octanol–water partition coefficient (Wildman–Crippen LogP) is 2.51. The average molecular weight is 657 g/mol. The van der Waals surface area contributed by atoms with Gasteiger partial charge in [0.15, 0.2) is 0 Å². The molecule has 14 heteroatoms. The molecule has 0 fully saturated rings. The van der Waals surface area contributed by atoms with Gasteiger partial charge in [-0.1, -0.05) is 35.9 Å². The summed E-state index contributed by atoms with van der Waals surface area (Å²) in [5.74, 6) is -1.97. The van der Waals surface area contributed by atoms with E-state index in [-0.39, 0.29) is 61.0 Å². The topological polar surface area (TPSA) is 166 Å². The Balaban J connectivity index is 0.00000323. The molecular weight excluding hydrogens is 617 g/mol. The average Bonchev–Trinajstić information content (AvgIpc) is 2.93. The Bertz CT molecular complexity index is 1490. The molecule has 0 saturated heterocycles. The number of carbonyl (C=O) groups is 2. The van der Waals surface area contributed by atoms with E-state index in [1.165, 1.54) is 11.0 Å². The Kier molecular flexibility index (Phi) is 12.7. The smallest absolute Gasteiger partial charge is 0.326 e. The van der Waals surface area contributed by atoms with E-state index in [2.05, 4.69) is 9.62 Å². The maximum atomic E-state index is 13.9. The highest BCUT2D eigenvalue weighted by Crippen LogP contribution is 2.31. The van der Waals surface area contributed by atoms with Crippen molar-refractivity contribution in [2.75, 3.05) is 33.9 Å². The lowest BCUT2D eigenvalue weighted by Gasteiger charge is -2.35. The minimum absolute atomic E-state index is 0. The number of nitrogens with zero attached hydrogens (tertiary/aromatic N) is 2. The van der Waals surface area contributed by atoms with Crippen LogP contribution in [0, 0.1) is 5.41 Å². The number of hydrogen-bond acceptors (Lipinski definition) is 7. The molecule has 43 heavy (non-hydrogen) atoms. The molecule has 0 bridgehead atoms. The van der Waals surface area contributed by atoms with E-state index in [4.69, 9.17) is 15.9 Å². The highest BCUT2D eigenvalue weighted by molar-refractivity contribution is 7.89. The molecule has 0 saturated carbocycles. The number of hydrogen-bond donors (Lipinski definition) is 4. The zero-order valence-electron chi connectivity index (χ0n) is 24.3. The summed E-state index contributed by atoms with van der Waals surface area (Å²) in [6.45, 7) is 3.06. The number of carbonyl (C=O) groups excluding carboxylic acids is 1. The number of benzene rings is 2. The van der Waals surface area contributed by atoms with Crippen LogP contribution in [-0.4, -0.2) is 87.0 Å². The zero-order valence-corrected chi connectivity index (χ0v) is 26.7. The number of nitrogen functional groups attached to an aromatic ring is 1. The SMILES string of the molecule is COCC1c2cc(S(=O)(=O)N[C@@H](Cc3cccc(C(=N)N)c3)C(=O)N3CC=C(C)C[C@@H]3C(=O)O)ccc2CCN1C.Cl.Cl. The van der Waals surface area contributed by atoms with E-state index in [1.807, 2.05) is 7.05 Å². The highest BCUT2D eigenvalue weighted by atomic mass is 35.5. The van der Waals surface area contributed by atoms with Gasteiger partial charge >= 0.3 is 5.97 Å². The van der Waals surface area contributed by atoms with Crippen molar-refractivity contribution in [3.63, 3.8) is 0 Å². The molecule has 4 rings (SSSR count). The van der Waals surface area contributed by atoms with Gasteiger partial charge in [0, 0.05) is 25.8 Å². The normalized spacial score (nSPS) is 19.2. The summed E-state index contributed by atoms with van der Waals surface area (Å²) in [5, 5.41) is 17.6. The first kappa shape index (κ1) is 36.2. The van der Waals surface area contributed by atoms with Crippen molar-refractivity contribution < 1.29 is 27.9 Å². The molecule has 11 nitrogen and oxygen atoms in total. The van der Waals surface area contributed by atoms with Gasteiger partial charge in [-0.2, -0.15) is 4.72 Å². The summed E-state index contributed by atoms with van der Waals surface area (Å²) >= 11 is 0. The number of nitrogens with two attached hydrogens (primary N) is 1. The van der Waals surface area contributed by atoms with Gasteiger partial charge in [-0.3, -0.25) is 15.1 Å². The van der Waals surface area contributed by atoms with Gasteiger partial charge in [0.25, 0.3) is 0 Å². The fourth-order valence-corrected chi connectivity index (χ4v) is 6.65. The Morgan fingerprint density at radius 2 is 1.93 bits per heavy atom. The Morgan fingerprint density at radius 1 is 1.21 bits per heavy atom. The Labute approximate surface area is 264 Å². The molecule has 0 aromatic heterocycles. The van der Waals surface area contributed by atoms with Crippen LogP contribution in [0.3, 0.4) is 0 Å². The van der Waals surface area contributed by atoms with Crippen molar-refractivity contribution >= 4 is 52.5 Å². The van der Waals surface area contributed by atoms with Crippen molar-refractivity contribution in [3.05, 3.63) is 76.4 Å². The van der Waals surface area contributed by atoms with Crippen LogP contribution in [0.2, 0.25) is 0 Å². The van der Waals surface area contributed by atoms with E-state index >= 15 is 0 Å². The number of fused-ring (bicyclic) bond motifs is 1. The van der Waals surface area contributed by atoms with E-state index in [9.17, 15) is 23.1 Å². The van der Waals surface area contributed by atoms with Crippen LogP contribution in [0.15, 0.2) is 59.0 Å². The lowest BCUT2D eigenvalue weighted by atomic mass is 9.93. The summed E-state index contributed by atoms with van der Waals surface area (Å²) in [4.78, 5) is 29.3. The molecule has 2 aromatic rings. The molecule has 0 aliphatic carbocycles. The molecule has 1 unspecified atom stereocenters. The third kappa shape index (κ3) is 8.34.